The van der Waals surface area contributed by atoms with E-state index in [1.54, 1.807) is 6.92 Å². The van der Waals surface area contributed by atoms with E-state index in [1.165, 1.54) is 0 Å². The smallest absolute Gasteiger partial charge is 0.449 e. The van der Waals surface area contributed by atoms with Crippen LogP contribution in [0.1, 0.15) is 27.2 Å². The van der Waals surface area contributed by atoms with Crippen LogP contribution < -0.4 is 51.4 Å². The fraction of sp³-hybridized carbons (Fsp3) is 1.00. The molecule has 0 heterocycles. The Balaban J connectivity index is 0. The van der Waals surface area contributed by atoms with Gasteiger partial charge in [0.1, 0.15) is 0 Å². The van der Waals surface area contributed by atoms with Gasteiger partial charge in [0.2, 0.25) is 0 Å². The second-order valence-electron chi connectivity index (χ2n) is 3.68. The Morgan fingerprint density at radius 3 is 1.75 bits per heavy atom. The van der Waals surface area contributed by atoms with Crippen molar-refractivity contribution in [3.05, 3.63) is 0 Å². The maximum Gasteiger partial charge on any atom is 1.00 e. The molecule has 0 fully saturated rings. The SMILES string of the molecule is CC(C)CC(C)C[B-](F)(F)F.[K+]. The summed E-state index contributed by atoms with van der Waals surface area (Å²) in [5, 5.41) is 0. The third kappa shape index (κ3) is 11.5. The quantitative estimate of drug-likeness (QED) is 0.588. The first kappa shape index (κ1) is 15.9. The minimum atomic E-state index is -4.57. The van der Waals surface area contributed by atoms with Crippen molar-refractivity contribution in [2.75, 3.05) is 0 Å². The fourth-order valence-electron chi connectivity index (χ4n) is 1.36. The molecule has 0 radical (unpaired) electrons. The summed E-state index contributed by atoms with van der Waals surface area (Å²) in [6, 6.07) is 0. The van der Waals surface area contributed by atoms with Crippen LogP contribution in [0.2, 0.25) is 6.32 Å². The van der Waals surface area contributed by atoms with E-state index in [9.17, 15) is 12.9 Å². The molecule has 0 aliphatic carbocycles. The van der Waals surface area contributed by atoms with Gasteiger partial charge < -0.3 is 12.9 Å². The van der Waals surface area contributed by atoms with Gasteiger partial charge in [-0.05, 0) is 5.92 Å². The normalized spacial score (nSPS) is 14.2. The van der Waals surface area contributed by atoms with E-state index in [0.29, 0.717) is 12.3 Å². The molecular weight excluding hydrogens is 191 g/mol. The van der Waals surface area contributed by atoms with Crippen LogP contribution in [0.25, 0.3) is 0 Å². The van der Waals surface area contributed by atoms with Gasteiger partial charge in [-0.25, -0.2) is 0 Å². The molecule has 12 heavy (non-hydrogen) atoms. The standard InChI is InChI=1S/C7H15BF3.K/c1-6(2)4-7(3)5-8(9,10)11;/h6-7H,4-5H2,1-3H3;/q-1;+1. The van der Waals surface area contributed by atoms with E-state index in [2.05, 4.69) is 0 Å². The van der Waals surface area contributed by atoms with Crippen LogP contribution >= 0.6 is 0 Å². The summed E-state index contributed by atoms with van der Waals surface area (Å²) < 4.78 is 35.5. The Morgan fingerprint density at radius 1 is 1.08 bits per heavy atom. The van der Waals surface area contributed by atoms with Crippen molar-refractivity contribution in [2.45, 2.75) is 33.5 Å². The van der Waals surface area contributed by atoms with Crippen LogP contribution in [0.3, 0.4) is 0 Å². The van der Waals surface area contributed by atoms with E-state index in [4.69, 9.17) is 0 Å². The Kier molecular flexibility index (Phi) is 9.13. The van der Waals surface area contributed by atoms with Crippen LogP contribution in [0.4, 0.5) is 12.9 Å². The average Bonchev–Trinajstić information content (AvgIpc) is 1.53. The van der Waals surface area contributed by atoms with E-state index >= 15 is 0 Å². The molecule has 0 spiro atoms. The molecule has 1 atom stereocenters. The molecule has 5 heteroatoms. The molecule has 0 nitrogen and oxygen atoms in total. The first-order chi connectivity index (χ1) is 4.81. The van der Waals surface area contributed by atoms with Gasteiger partial charge in [0.25, 0.3) is 0 Å². The first-order valence-corrected chi connectivity index (χ1v) is 4.02. The second kappa shape index (κ2) is 6.87. The Labute approximate surface area is 115 Å². The molecule has 0 aromatic heterocycles. The molecule has 0 aromatic rings. The molecule has 1 unspecified atom stereocenters. The Hall–Kier alpha value is 1.49. The van der Waals surface area contributed by atoms with Crippen molar-refractivity contribution in [3.63, 3.8) is 0 Å². The Bertz CT molecular complexity index is 114. The van der Waals surface area contributed by atoms with E-state index in [-0.39, 0.29) is 57.3 Å². The van der Waals surface area contributed by atoms with Crippen LogP contribution in [-0.2, 0) is 0 Å². The first-order valence-electron chi connectivity index (χ1n) is 4.02. The van der Waals surface area contributed by atoms with E-state index in [1.807, 2.05) is 13.8 Å². The van der Waals surface area contributed by atoms with Crippen LogP contribution in [0.15, 0.2) is 0 Å². The largest absolute Gasteiger partial charge is 1.00 e. The molecular formula is C7H15BF3K. The summed E-state index contributed by atoms with van der Waals surface area (Å²) in [4.78, 5) is 0. The number of rotatable bonds is 4. The minimum Gasteiger partial charge on any atom is -0.449 e. The third-order valence-electron chi connectivity index (χ3n) is 1.54. The van der Waals surface area contributed by atoms with Crippen LogP contribution in [-0.4, -0.2) is 6.98 Å². The van der Waals surface area contributed by atoms with Gasteiger partial charge in [-0.15, -0.1) is 0 Å². The zero-order chi connectivity index (χ0) is 9.07. The minimum absolute atomic E-state index is 0. The van der Waals surface area contributed by atoms with Crippen molar-refractivity contribution >= 4 is 6.98 Å². The van der Waals surface area contributed by atoms with Gasteiger partial charge in [-0.3, -0.25) is 0 Å². The molecule has 0 aliphatic rings. The van der Waals surface area contributed by atoms with E-state index < -0.39 is 13.3 Å². The molecule has 0 aromatic carbocycles. The molecule has 0 bridgehead atoms. The second-order valence-corrected chi connectivity index (χ2v) is 3.68. The number of hydrogen-bond donors (Lipinski definition) is 0. The van der Waals surface area contributed by atoms with E-state index in [0.717, 1.165) is 0 Å². The monoisotopic (exact) mass is 206 g/mol. The summed E-state index contributed by atoms with van der Waals surface area (Å²) in [6.07, 6.45) is 0.0828. The number of hydrogen-bond acceptors (Lipinski definition) is 0. The maximum absolute atomic E-state index is 11.8. The van der Waals surface area contributed by atoms with Crippen LogP contribution in [0, 0.1) is 11.8 Å². The van der Waals surface area contributed by atoms with Gasteiger partial charge in [0, 0.05) is 0 Å². The molecule has 68 valence electrons. The molecule has 0 N–H and O–H groups in total. The topological polar surface area (TPSA) is 0 Å². The van der Waals surface area contributed by atoms with Crippen molar-refractivity contribution in [2.24, 2.45) is 11.8 Å². The van der Waals surface area contributed by atoms with Gasteiger partial charge >= 0.3 is 58.4 Å². The van der Waals surface area contributed by atoms with Crippen LogP contribution in [0.5, 0.6) is 0 Å². The third-order valence-corrected chi connectivity index (χ3v) is 1.54. The molecule has 0 saturated heterocycles. The summed E-state index contributed by atoms with van der Waals surface area (Å²) in [6.45, 7) is 0.976. The zero-order valence-electron chi connectivity index (χ0n) is 8.28. The summed E-state index contributed by atoms with van der Waals surface area (Å²) in [5.74, 6) is 0.151. The summed E-state index contributed by atoms with van der Waals surface area (Å²) in [5.41, 5.74) is 0. The average molecular weight is 206 g/mol. The van der Waals surface area contributed by atoms with Gasteiger partial charge in [-0.2, -0.15) is 0 Å². The molecule has 0 rings (SSSR count). The zero-order valence-corrected chi connectivity index (χ0v) is 11.4. The van der Waals surface area contributed by atoms with Crippen molar-refractivity contribution in [1.82, 2.24) is 0 Å². The predicted octanol–water partition coefficient (Wildman–Crippen LogP) is 0.520. The summed E-state index contributed by atoms with van der Waals surface area (Å²) in [7, 11) is 0. The fourth-order valence-corrected chi connectivity index (χ4v) is 1.36. The Morgan fingerprint density at radius 2 is 1.50 bits per heavy atom. The van der Waals surface area contributed by atoms with Gasteiger partial charge in [-0.1, -0.05) is 39.4 Å². The predicted molar refractivity (Wildman–Crippen MR) is 42.5 cm³/mol. The number of halogens is 3. The summed E-state index contributed by atoms with van der Waals surface area (Å²) >= 11 is 0. The van der Waals surface area contributed by atoms with Gasteiger partial charge in [0.15, 0.2) is 0 Å². The van der Waals surface area contributed by atoms with Crippen molar-refractivity contribution in [1.29, 1.82) is 0 Å². The molecule has 0 amide bonds. The van der Waals surface area contributed by atoms with Gasteiger partial charge in [0.05, 0.1) is 0 Å². The molecule has 0 saturated carbocycles. The van der Waals surface area contributed by atoms with Crippen molar-refractivity contribution in [3.8, 4) is 0 Å². The van der Waals surface area contributed by atoms with Crippen molar-refractivity contribution < 1.29 is 64.3 Å². The molecule has 0 aliphatic heterocycles. The maximum atomic E-state index is 11.8.